The molecule has 0 aliphatic rings. The summed E-state index contributed by atoms with van der Waals surface area (Å²) in [5.41, 5.74) is 2.48. The first-order valence-corrected chi connectivity index (χ1v) is 13.4. The third-order valence-corrected chi connectivity index (χ3v) is 7.80. The van der Waals surface area contributed by atoms with Crippen molar-refractivity contribution in [2.24, 2.45) is 11.1 Å². The number of rotatable bonds is 12. The number of carbonyl (C=O) groups is 1. The maximum Gasteiger partial charge on any atom is 0.248 e. The van der Waals surface area contributed by atoms with E-state index in [0.29, 0.717) is 36.3 Å². The lowest BCUT2D eigenvalue weighted by atomic mass is 9.96. The van der Waals surface area contributed by atoms with Crippen LogP contribution in [0, 0.1) is 5.92 Å². The van der Waals surface area contributed by atoms with Gasteiger partial charge in [0.2, 0.25) is 10.0 Å². The second-order valence-corrected chi connectivity index (χ2v) is 11.3. The topological polar surface area (TPSA) is 104 Å². The molecule has 178 valence electrons. The number of primary sulfonamides is 1. The number of Topliss-reactive ketones (excluding diaryl/α,β-unsaturated/α-hetero) is 1. The zero-order valence-corrected chi connectivity index (χ0v) is 20.9. The molecule has 3 aromatic rings. The van der Waals surface area contributed by atoms with Gasteiger partial charge in [-0.2, -0.15) is 0 Å². The van der Waals surface area contributed by atoms with Gasteiger partial charge in [0.15, 0.2) is 5.78 Å². The summed E-state index contributed by atoms with van der Waals surface area (Å²) in [7, 11) is -4.02. The minimum atomic E-state index is -4.02. The average molecular weight is 490 g/mol. The van der Waals surface area contributed by atoms with Crippen LogP contribution in [0.15, 0.2) is 47.2 Å². The number of benzene rings is 1. The quantitative estimate of drug-likeness (QED) is 0.298. The van der Waals surface area contributed by atoms with Crippen LogP contribution in [0.4, 0.5) is 0 Å². The second kappa shape index (κ2) is 11.2. The number of carbonyl (C=O) groups excluding carboxylic acids is 1. The standard InChI is InChI=1S/C24H31N3O4S2/c1-4-5-12-31-15-20(28)23-21(13-17(2)3)32-24(33(25,29)30)22(23)19-8-6-18(7-9-19)14-27-11-10-26-16-27/h6-11,16-17H,4-5,12-15H2,1-3H3,(H2,25,29,30). The first kappa shape index (κ1) is 25.3. The number of nitrogens with two attached hydrogens (primary N) is 1. The third kappa shape index (κ3) is 6.60. The van der Waals surface area contributed by atoms with Crippen molar-refractivity contribution in [3.63, 3.8) is 0 Å². The molecule has 0 aliphatic carbocycles. The minimum Gasteiger partial charge on any atom is -0.373 e. The Hall–Kier alpha value is -2.33. The Bertz CT molecular complexity index is 1170. The van der Waals surface area contributed by atoms with Crippen LogP contribution in [0.5, 0.6) is 0 Å². The van der Waals surface area contributed by atoms with Gasteiger partial charge < -0.3 is 9.30 Å². The van der Waals surface area contributed by atoms with Crippen LogP contribution in [0.25, 0.3) is 11.1 Å². The van der Waals surface area contributed by atoms with Crippen LogP contribution in [0.3, 0.4) is 0 Å². The van der Waals surface area contributed by atoms with Gasteiger partial charge in [0.05, 0.1) is 6.33 Å². The first-order chi connectivity index (χ1) is 15.7. The van der Waals surface area contributed by atoms with Crippen molar-refractivity contribution in [3.8, 4) is 11.1 Å². The Morgan fingerprint density at radius 2 is 1.97 bits per heavy atom. The van der Waals surface area contributed by atoms with E-state index in [-0.39, 0.29) is 22.5 Å². The number of imidazole rings is 1. The zero-order chi connectivity index (χ0) is 24.0. The molecule has 3 rings (SSSR count). The molecule has 0 aliphatic heterocycles. The van der Waals surface area contributed by atoms with Crippen molar-refractivity contribution < 1.29 is 17.9 Å². The Kier molecular flexibility index (Phi) is 8.58. The molecule has 0 amide bonds. The molecular formula is C24H31N3O4S2. The predicted molar refractivity (Wildman–Crippen MR) is 131 cm³/mol. The molecule has 2 N–H and O–H groups in total. The van der Waals surface area contributed by atoms with Crippen LogP contribution < -0.4 is 5.14 Å². The molecule has 0 saturated heterocycles. The lowest BCUT2D eigenvalue weighted by Gasteiger charge is -2.11. The van der Waals surface area contributed by atoms with E-state index in [1.807, 2.05) is 48.9 Å². The molecule has 7 nitrogen and oxygen atoms in total. The van der Waals surface area contributed by atoms with E-state index in [1.54, 1.807) is 12.5 Å². The first-order valence-electron chi connectivity index (χ1n) is 11.0. The normalized spacial score (nSPS) is 11.9. The van der Waals surface area contributed by atoms with Gasteiger partial charge in [0.1, 0.15) is 10.8 Å². The van der Waals surface area contributed by atoms with Crippen LogP contribution in [0.2, 0.25) is 0 Å². The number of sulfonamides is 1. The van der Waals surface area contributed by atoms with Crippen molar-refractivity contribution in [2.45, 2.75) is 50.8 Å². The largest absolute Gasteiger partial charge is 0.373 e. The molecule has 0 saturated carbocycles. The smallest absolute Gasteiger partial charge is 0.248 e. The number of hydrogen-bond acceptors (Lipinski definition) is 6. The lowest BCUT2D eigenvalue weighted by molar-refractivity contribution is 0.0754. The van der Waals surface area contributed by atoms with Gasteiger partial charge in [-0.15, -0.1) is 11.3 Å². The molecule has 0 unspecified atom stereocenters. The van der Waals surface area contributed by atoms with E-state index in [0.717, 1.165) is 34.6 Å². The lowest BCUT2D eigenvalue weighted by Crippen LogP contribution is -2.14. The number of ether oxygens (including phenoxy) is 1. The predicted octanol–water partition coefficient (Wildman–Crippen LogP) is 4.51. The van der Waals surface area contributed by atoms with Crippen LogP contribution in [0.1, 0.15) is 54.4 Å². The molecule has 0 spiro atoms. The van der Waals surface area contributed by atoms with Gasteiger partial charge in [-0.25, -0.2) is 18.5 Å². The molecule has 2 heterocycles. The summed E-state index contributed by atoms with van der Waals surface area (Å²) in [6.45, 7) is 7.17. The molecule has 9 heteroatoms. The highest BCUT2D eigenvalue weighted by Crippen LogP contribution is 2.41. The van der Waals surface area contributed by atoms with Gasteiger partial charge in [-0.3, -0.25) is 4.79 Å². The summed E-state index contributed by atoms with van der Waals surface area (Å²) in [4.78, 5) is 18.0. The highest BCUT2D eigenvalue weighted by atomic mass is 32.2. The summed E-state index contributed by atoms with van der Waals surface area (Å²) >= 11 is 1.09. The fraction of sp³-hybridized carbons (Fsp3) is 0.417. The van der Waals surface area contributed by atoms with Crippen molar-refractivity contribution in [2.75, 3.05) is 13.2 Å². The Balaban J connectivity index is 2.05. The van der Waals surface area contributed by atoms with Crippen molar-refractivity contribution in [1.82, 2.24) is 9.55 Å². The number of unbranched alkanes of at least 4 members (excludes halogenated alkanes) is 1. The van der Waals surface area contributed by atoms with E-state index in [4.69, 9.17) is 9.88 Å². The summed E-state index contributed by atoms with van der Waals surface area (Å²) in [5, 5.41) is 5.60. The Morgan fingerprint density at radius 3 is 2.55 bits per heavy atom. The van der Waals surface area contributed by atoms with Gasteiger partial charge in [-0.05, 0) is 29.9 Å². The van der Waals surface area contributed by atoms with E-state index >= 15 is 0 Å². The summed E-state index contributed by atoms with van der Waals surface area (Å²) in [6.07, 6.45) is 7.75. The van der Waals surface area contributed by atoms with Gasteiger partial charge in [-0.1, -0.05) is 51.5 Å². The fourth-order valence-corrected chi connectivity index (χ4v) is 6.13. The number of nitrogens with zero attached hydrogens (tertiary/aromatic N) is 2. The van der Waals surface area contributed by atoms with Gasteiger partial charge >= 0.3 is 0 Å². The molecule has 0 fully saturated rings. The monoisotopic (exact) mass is 489 g/mol. The Morgan fingerprint density at radius 1 is 1.24 bits per heavy atom. The molecule has 0 radical (unpaired) electrons. The highest BCUT2D eigenvalue weighted by Gasteiger charge is 2.29. The average Bonchev–Trinajstić information content (AvgIpc) is 3.39. The fourth-order valence-electron chi connectivity index (χ4n) is 3.58. The minimum absolute atomic E-state index is 0.0254. The number of ketones is 1. The zero-order valence-electron chi connectivity index (χ0n) is 19.3. The highest BCUT2D eigenvalue weighted by molar-refractivity contribution is 7.91. The SMILES string of the molecule is CCCCOCC(=O)c1c(CC(C)C)sc(S(N)(=O)=O)c1-c1ccc(Cn2ccnc2)cc1. The van der Waals surface area contributed by atoms with Crippen LogP contribution in [-0.2, 0) is 27.7 Å². The molecule has 2 aromatic heterocycles. The maximum atomic E-state index is 13.3. The van der Waals surface area contributed by atoms with E-state index in [2.05, 4.69) is 11.9 Å². The van der Waals surface area contributed by atoms with Crippen molar-refractivity contribution >= 4 is 27.1 Å². The molecule has 0 atom stereocenters. The number of thiophene rings is 1. The van der Waals surface area contributed by atoms with Crippen molar-refractivity contribution in [1.29, 1.82) is 0 Å². The van der Waals surface area contributed by atoms with E-state index in [9.17, 15) is 13.2 Å². The van der Waals surface area contributed by atoms with Gasteiger partial charge in [0.25, 0.3) is 0 Å². The third-order valence-electron chi connectivity index (χ3n) is 5.12. The van der Waals surface area contributed by atoms with E-state index < -0.39 is 10.0 Å². The summed E-state index contributed by atoms with van der Waals surface area (Å²) < 4.78 is 32.6. The molecule has 33 heavy (non-hydrogen) atoms. The van der Waals surface area contributed by atoms with Crippen LogP contribution >= 0.6 is 11.3 Å². The van der Waals surface area contributed by atoms with Gasteiger partial charge in [0, 0.05) is 41.5 Å². The summed E-state index contributed by atoms with van der Waals surface area (Å²) in [6, 6.07) is 7.54. The number of hydrogen-bond donors (Lipinski definition) is 1. The van der Waals surface area contributed by atoms with Crippen LogP contribution in [-0.4, -0.2) is 37.0 Å². The second-order valence-electron chi connectivity index (χ2n) is 8.47. The molecule has 1 aromatic carbocycles. The molecular weight excluding hydrogens is 458 g/mol. The summed E-state index contributed by atoms with van der Waals surface area (Å²) in [5.74, 6) is 0.0281. The maximum absolute atomic E-state index is 13.3. The van der Waals surface area contributed by atoms with E-state index in [1.165, 1.54) is 0 Å². The molecule has 0 bridgehead atoms. The number of aromatic nitrogens is 2. The Labute approximate surface area is 199 Å². The van der Waals surface area contributed by atoms with Crippen molar-refractivity contribution in [3.05, 3.63) is 59.0 Å².